The lowest BCUT2D eigenvalue weighted by atomic mass is 9.96. The first-order valence-electron chi connectivity index (χ1n) is 7.41. The summed E-state index contributed by atoms with van der Waals surface area (Å²) in [5, 5.41) is 17.3. The van der Waals surface area contributed by atoms with E-state index in [1.54, 1.807) is 11.3 Å². The number of nitrogens with zero attached hydrogens (tertiary/aromatic N) is 1. The maximum absolute atomic E-state index is 9.44. The minimum atomic E-state index is 0.568. The lowest BCUT2D eigenvalue weighted by molar-refractivity contribution is 0.696. The van der Waals surface area contributed by atoms with Gasteiger partial charge in [0, 0.05) is 11.4 Å². The molecular weight excluding hydrogens is 310 g/mol. The molecule has 1 aliphatic carbocycles. The molecule has 0 atom stereocenters. The molecule has 0 radical (unpaired) electrons. The van der Waals surface area contributed by atoms with Crippen LogP contribution in [0.3, 0.4) is 0 Å². The third-order valence-corrected chi connectivity index (χ3v) is 5.26. The van der Waals surface area contributed by atoms with Crippen LogP contribution in [0, 0.1) is 11.3 Å². The van der Waals surface area contributed by atoms with Crippen LogP contribution in [0.4, 0.5) is 5.00 Å². The molecule has 0 bridgehead atoms. The Balaban J connectivity index is 1.67. The Morgan fingerprint density at radius 2 is 2.00 bits per heavy atom. The van der Waals surface area contributed by atoms with Crippen LogP contribution in [0.25, 0.3) is 0 Å². The van der Waals surface area contributed by atoms with Crippen molar-refractivity contribution in [3.63, 3.8) is 0 Å². The highest BCUT2D eigenvalue weighted by molar-refractivity contribution is 7.80. The molecule has 0 unspecified atom stereocenters. The van der Waals surface area contributed by atoms with Gasteiger partial charge in [0.2, 0.25) is 0 Å². The molecule has 0 saturated heterocycles. The highest BCUT2D eigenvalue weighted by atomic mass is 32.1. The lowest BCUT2D eigenvalue weighted by Gasteiger charge is -2.10. The van der Waals surface area contributed by atoms with Gasteiger partial charge in [-0.25, -0.2) is 0 Å². The lowest BCUT2D eigenvalue weighted by Crippen LogP contribution is -2.27. The predicted octanol–water partition coefficient (Wildman–Crippen LogP) is 3.99. The van der Waals surface area contributed by atoms with Gasteiger partial charge in [-0.3, -0.25) is 0 Å². The zero-order chi connectivity index (χ0) is 15.4. The van der Waals surface area contributed by atoms with Gasteiger partial charge in [0.05, 0.1) is 5.56 Å². The molecule has 1 aromatic heterocycles. The van der Waals surface area contributed by atoms with E-state index in [2.05, 4.69) is 28.8 Å². The van der Waals surface area contributed by atoms with Gasteiger partial charge in [0.1, 0.15) is 11.1 Å². The van der Waals surface area contributed by atoms with Crippen LogP contribution in [-0.2, 0) is 19.4 Å². The summed E-state index contributed by atoms with van der Waals surface area (Å²) < 4.78 is 0. The maximum atomic E-state index is 9.44. The summed E-state index contributed by atoms with van der Waals surface area (Å²) in [5.41, 5.74) is 3.19. The molecule has 0 fully saturated rings. The Bertz CT molecular complexity index is 713. The summed E-state index contributed by atoms with van der Waals surface area (Å²) in [4.78, 5) is 1.34. The fourth-order valence-corrected chi connectivity index (χ4v) is 4.18. The van der Waals surface area contributed by atoms with Crippen molar-refractivity contribution in [2.75, 3.05) is 5.32 Å². The van der Waals surface area contributed by atoms with Crippen molar-refractivity contribution in [1.29, 1.82) is 5.26 Å². The Morgan fingerprint density at radius 3 is 2.77 bits per heavy atom. The van der Waals surface area contributed by atoms with Gasteiger partial charge in [-0.2, -0.15) is 5.26 Å². The average Bonchev–Trinajstić information content (AvgIpc) is 2.91. The van der Waals surface area contributed by atoms with Crippen molar-refractivity contribution in [2.24, 2.45) is 0 Å². The summed E-state index contributed by atoms with van der Waals surface area (Å²) in [6.45, 7) is 0.680. The van der Waals surface area contributed by atoms with Gasteiger partial charge in [-0.1, -0.05) is 30.3 Å². The number of rotatable bonds is 3. The predicted molar refractivity (Wildman–Crippen MR) is 95.2 cm³/mol. The molecular formula is C17H17N3S2. The first-order chi connectivity index (χ1) is 10.8. The zero-order valence-electron chi connectivity index (χ0n) is 12.2. The van der Waals surface area contributed by atoms with Crippen LogP contribution < -0.4 is 10.6 Å². The first-order valence-corrected chi connectivity index (χ1v) is 8.64. The molecule has 1 aromatic carbocycles. The number of nitrogens with one attached hydrogen (secondary N) is 2. The monoisotopic (exact) mass is 327 g/mol. The van der Waals surface area contributed by atoms with E-state index in [0.717, 1.165) is 23.4 Å². The van der Waals surface area contributed by atoms with E-state index < -0.39 is 0 Å². The van der Waals surface area contributed by atoms with Gasteiger partial charge in [-0.15, -0.1) is 11.3 Å². The van der Waals surface area contributed by atoms with E-state index in [-0.39, 0.29) is 0 Å². The molecule has 1 heterocycles. The molecule has 0 spiro atoms. The van der Waals surface area contributed by atoms with Gasteiger partial charge >= 0.3 is 0 Å². The van der Waals surface area contributed by atoms with E-state index in [1.165, 1.54) is 28.8 Å². The third-order valence-electron chi connectivity index (χ3n) is 3.81. The standard InChI is InChI=1S/C17H17N3S2/c18-10-14-13-8-4-5-9-15(13)22-16(14)20-17(21)19-11-12-6-2-1-3-7-12/h1-3,6-7H,4-5,8-9,11H2,(H2,19,20,21). The van der Waals surface area contributed by atoms with Crippen molar-refractivity contribution in [3.05, 3.63) is 51.9 Å². The van der Waals surface area contributed by atoms with Crippen molar-refractivity contribution < 1.29 is 0 Å². The second-order valence-electron chi connectivity index (χ2n) is 5.32. The fraction of sp³-hybridized carbons (Fsp3) is 0.294. The van der Waals surface area contributed by atoms with E-state index in [1.807, 2.05) is 18.2 Å². The molecule has 22 heavy (non-hydrogen) atoms. The number of thiocarbonyl (C=S) groups is 1. The summed E-state index contributed by atoms with van der Waals surface area (Å²) >= 11 is 7.03. The molecule has 3 nitrogen and oxygen atoms in total. The van der Waals surface area contributed by atoms with Gasteiger partial charge in [0.15, 0.2) is 5.11 Å². The largest absolute Gasteiger partial charge is 0.358 e. The van der Waals surface area contributed by atoms with Crippen LogP contribution in [0.15, 0.2) is 30.3 Å². The van der Waals surface area contributed by atoms with E-state index >= 15 is 0 Å². The summed E-state index contributed by atoms with van der Waals surface area (Å²) in [7, 11) is 0. The van der Waals surface area contributed by atoms with Crippen molar-refractivity contribution in [1.82, 2.24) is 5.32 Å². The van der Waals surface area contributed by atoms with Crippen LogP contribution in [0.5, 0.6) is 0 Å². The van der Waals surface area contributed by atoms with Gasteiger partial charge in [0.25, 0.3) is 0 Å². The molecule has 0 amide bonds. The topological polar surface area (TPSA) is 47.9 Å². The Labute approximate surface area is 140 Å². The zero-order valence-corrected chi connectivity index (χ0v) is 13.8. The minimum absolute atomic E-state index is 0.568. The smallest absolute Gasteiger partial charge is 0.171 e. The number of hydrogen-bond donors (Lipinski definition) is 2. The van der Waals surface area contributed by atoms with Crippen molar-refractivity contribution in [3.8, 4) is 6.07 Å². The highest BCUT2D eigenvalue weighted by Gasteiger charge is 2.20. The van der Waals surface area contributed by atoms with E-state index in [9.17, 15) is 5.26 Å². The van der Waals surface area contributed by atoms with Crippen LogP contribution in [-0.4, -0.2) is 5.11 Å². The fourth-order valence-electron chi connectivity index (χ4n) is 2.70. The number of thiophene rings is 1. The SMILES string of the molecule is N#Cc1c(NC(=S)NCc2ccccc2)sc2c1CCCC2. The second kappa shape index (κ2) is 6.91. The number of fused-ring (bicyclic) bond motifs is 1. The number of aryl methyl sites for hydroxylation is 1. The second-order valence-corrected chi connectivity index (χ2v) is 6.83. The molecule has 3 rings (SSSR count). The van der Waals surface area contributed by atoms with Crippen LogP contribution in [0.1, 0.15) is 34.4 Å². The maximum Gasteiger partial charge on any atom is 0.171 e. The number of anilines is 1. The van der Waals surface area contributed by atoms with E-state index in [4.69, 9.17) is 12.2 Å². The molecule has 0 aliphatic heterocycles. The summed E-state index contributed by atoms with van der Waals surface area (Å²) in [6, 6.07) is 12.5. The van der Waals surface area contributed by atoms with Gasteiger partial charge in [-0.05, 0) is 49.0 Å². The molecule has 2 aromatic rings. The molecule has 1 aliphatic rings. The number of nitriles is 1. The Kier molecular flexibility index (Phi) is 4.71. The number of benzene rings is 1. The molecule has 0 saturated carbocycles. The average molecular weight is 327 g/mol. The molecule has 5 heteroatoms. The Morgan fingerprint density at radius 1 is 1.23 bits per heavy atom. The third kappa shape index (κ3) is 3.29. The summed E-state index contributed by atoms with van der Waals surface area (Å²) in [6.07, 6.45) is 4.49. The molecule has 112 valence electrons. The molecule has 2 N–H and O–H groups in total. The van der Waals surface area contributed by atoms with Crippen LogP contribution in [0.2, 0.25) is 0 Å². The number of hydrogen-bond acceptors (Lipinski definition) is 3. The van der Waals surface area contributed by atoms with Crippen LogP contribution >= 0.6 is 23.6 Å². The minimum Gasteiger partial charge on any atom is -0.358 e. The van der Waals surface area contributed by atoms with Crippen molar-refractivity contribution in [2.45, 2.75) is 32.2 Å². The van der Waals surface area contributed by atoms with Crippen molar-refractivity contribution >= 4 is 33.7 Å². The quantitative estimate of drug-likeness (QED) is 0.837. The van der Waals surface area contributed by atoms with Gasteiger partial charge < -0.3 is 10.6 Å². The normalized spacial score (nSPS) is 13.0. The highest BCUT2D eigenvalue weighted by Crippen LogP contribution is 2.37. The first kappa shape index (κ1) is 15.0. The van der Waals surface area contributed by atoms with E-state index in [0.29, 0.717) is 11.7 Å². The Hall–Kier alpha value is -1.90. The summed E-state index contributed by atoms with van der Waals surface area (Å²) in [5.74, 6) is 0.